The van der Waals surface area contributed by atoms with Crippen molar-refractivity contribution in [3.05, 3.63) is 46.2 Å². The van der Waals surface area contributed by atoms with Crippen molar-refractivity contribution in [2.45, 2.75) is 47.1 Å². The molecule has 0 radical (unpaired) electrons. The van der Waals surface area contributed by atoms with Gasteiger partial charge in [-0.25, -0.2) is 4.68 Å². The monoisotopic (exact) mass is 389 g/mol. The highest BCUT2D eigenvalue weighted by molar-refractivity contribution is 6.30. The zero-order valence-electron chi connectivity index (χ0n) is 16.8. The summed E-state index contributed by atoms with van der Waals surface area (Å²) in [6, 6.07) is 7.56. The number of morpholine rings is 1. The van der Waals surface area contributed by atoms with Crippen molar-refractivity contribution in [1.29, 1.82) is 0 Å². The van der Waals surface area contributed by atoms with Gasteiger partial charge in [0.1, 0.15) is 0 Å². The van der Waals surface area contributed by atoms with E-state index in [0.29, 0.717) is 31.1 Å². The van der Waals surface area contributed by atoms with Crippen LogP contribution in [0.5, 0.6) is 0 Å². The summed E-state index contributed by atoms with van der Waals surface area (Å²) in [6.45, 7) is 12.3. The van der Waals surface area contributed by atoms with E-state index in [1.165, 1.54) is 0 Å². The minimum Gasteiger partial charge on any atom is -0.374 e. The van der Waals surface area contributed by atoms with Crippen LogP contribution in [-0.2, 0) is 16.0 Å². The summed E-state index contributed by atoms with van der Waals surface area (Å²) < 4.78 is 7.75. The minimum atomic E-state index is 0.0181. The SMILES string of the molecule is Cc1nn(-c2ccc(Cl)cc2)c(C)c1CC(=O)N1CCO[C@@H](C(C)(C)C)C1. The van der Waals surface area contributed by atoms with E-state index in [1.807, 2.05) is 47.7 Å². The van der Waals surface area contributed by atoms with Crippen LogP contribution in [0.15, 0.2) is 24.3 Å². The van der Waals surface area contributed by atoms with Gasteiger partial charge in [0.25, 0.3) is 0 Å². The number of hydrogen-bond acceptors (Lipinski definition) is 3. The third-order valence-corrected chi connectivity index (χ3v) is 5.48. The second kappa shape index (κ2) is 7.64. The average Bonchev–Trinajstić information content (AvgIpc) is 2.90. The number of amides is 1. The van der Waals surface area contributed by atoms with Crippen LogP contribution in [0, 0.1) is 19.3 Å². The second-order valence-electron chi connectivity index (χ2n) is 8.28. The fraction of sp³-hybridized carbons (Fsp3) is 0.524. The topological polar surface area (TPSA) is 47.4 Å². The van der Waals surface area contributed by atoms with Crippen molar-refractivity contribution >= 4 is 17.5 Å². The Balaban J connectivity index is 1.77. The van der Waals surface area contributed by atoms with Crippen molar-refractivity contribution in [1.82, 2.24) is 14.7 Å². The van der Waals surface area contributed by atoms with Crippen LogP contribution < -0.4 is 0 Å². The van der Waals surface area contributed by atoms with Crippen LogP contribution in [0.3, 0.4) is 0 Å². The summed E-state index contributed by atoms with van der Waals surface area (Å²) >= 11 is 5.98. The predicted molar refractivity (Wildman–Crippen MR) is 108 cm³/mol. The van der Waals surface area contributed by atoms with E-state index in [-0.39, 0.29) is 17.4 Å². The summed E-state index contributed by atoms with van der Waals surface area (Å²) in [5.41, 5.74) is 3.83. The summed E-state index contributed by atoms with van der Waals surface area (Å²) in [5.74, 6) is 0.134. The molecule has 1 saturated heterocycles. The number of aromatic nitrogens is 2. The molecule has 1 aliphatic heterocycles. The molecule has 0 N–H and O–H groups in total. The Labute approximate surface area is 166 Å². The van der Waals surface area contributed by atoms with E-state index in [1.54, 1.807) is 0 Å². The van der Waals surface area contributed by atoms with Crippen molar-refractivity contribution in [3.8, 4) is 5.69 Å². The first-order valence-corrected chi connectivity index (χ1v) is 9.75. The van der Waals surface area contributed by atoms with Crippen LogP contribution in [0.25, 0.3) is 5.69 Å². The maximum Gasteiger partial charge on any atom is 0.227 e. The highest BCUT2D eigenvalue weighted by Crippen LogP contribution is 2.26. The van der Waals surface area contributed by atoms with Crippen LogP contribution in [-0.4, -0.2) is 46.4 Å². The number of hydrogen-bond donors (Lipinski definition) is 0. The highest BCUT2D eigenvalue weighted by atomic mass is 35.5. The largest absolute Gasteiger partial charge is 0.374 e. The van der Waals surface area contributed by atoms with Gasteiger partial charge >= 0.3 is 0 Å². The molecule has 1 aromatic heterocycles. The summed E-state index contributed by atoms with van der Waals surface area (Å²) in [5, 5.41) is 5.33. The number of ether oxygens (including phenoxy) is 1. The van der Waals surface area contributed by atoms with E-state index in [0.717, 1.165) is 22.6 Å². The molecule has 3 rings (SSSR count). The summed E-state index contributed by atoms with van der Waals surface area (Å²) in [6.07, 6.45) is 0.427. The Morgan fingerprint density at radius 1 is 1.26 bits per heavy atom. The van der Waals surface area contributed by atoms with Gasteiger partial charge < -0.3 is 9.64 Å². The molecular weight excluding hydrogens is 362 g/mol. The van der Waals surface area contributed by atoms with E-state index in [2.05, 4.69) is 25.9 Å². The number of aryl methyl sites for hydroxylation is 1. The molecule has 1 fully saturated rings. The van der Waals surface area contributed by atoms with E-state index in [4.69, 9.17) is 16.3 Å². The van der Waals surface area contributed by atoms with Crippen molar-refractivity contribution < 1.29 is 9.53 Å². The van der Waals surface area contributed by atoms with E-state index in [9.17, 15) is 4.79 Å². The Hall–Kier alpha value is -1.85. The van der Waals surface area contributed by atoms with Gasteiger partial charge in [-0.1, -0.05) is 32.4 Å². The van der Waals surface area contributed by atoms with Gasteiger partial charge in [-0.3, -0.25) is 4.79 Å². The molecule has 146 valence electrons. The zero-order valence-corrected chi connectivity index (χ0v) is 17.5. The molecule has 2 heterocycles. The second-order valence-corrected chi connectivity index (χ2v) is 8.72. The van der Waals surface area contributed by atoms with Gasteiger partial charge in [-0.15, -0.1) is 0 Å². The molecule has 5 nitrogen and oxygen atoms in total. The Morgan fingerprint density at radius 2 is 1.93 bits per heavy atom. The third-order valence-electron chi connectivity index (χ3n) is 5.23. The van der Waals surface area contributed by atoms with Gasteiger partial charge in [0.05, 0.1) is 30.5 Å². The minimum absolute atomic E-state index is 0.0181. The zero-order chi connectivity index (χ0) is 19.8. The number of carbonyl (C=O) groups excluding carboxylic acids is 1. The Bertz CT molecular complexity index is 821. The lowest BCUT2D eigenvalue weighted by atomic mass is 9.88. The molecule has 1 atom stereocenters. The van der Waals surface area contributed by atoms with Crippen molar-refractivity contribution in [3.63, 3.8) is 0 Å². The predicted octanol–water partition coefficient (Wildman–Crippen LogP) is 3.96. The van der Waals surface area contributed by atoms with Gasteiger partial charge in [0.2, 0.25) is 5.91 Å². The first-order chi connectivity index (χ1) is 12.7. The molecule has 0 aliphatic carbocycles. The van der Waals surface area contributed by atoms with E-state index >= 15 is 0 Å². The highest BCUT2D eigenvalue weighted by Gasteiger charge is 2.32. The fourth-order valence-electron chi connectivity index (χ4n) is 3.43. The number of rotatable bonds is 3. The molecule has 6 heteroatoms. The lowest BCUT2D eigenvalue weighted by Gasteiger charge is -2.39. The average molecular weight is 390 g/mol. The smallest absolute Gasteiger partial charge is 0.227 e. The number of nitrogens with zero attached hydrogens (tertiary/aromatic N) is 3. The number of carbonyl (C=O) groups is 1. The quantitative estimate of drug-likeness (QED) is 0.798. The molecule has 1 aromatic carbocycles. The van der Waals surface area contributed by atoms with Gasteiger partial charge in [0.15, 0.2) is 0 Å². The number of benzene rings is 1. The van der Waals surface area contributed by atoms with Gasteiger partial charge in [0, 0.05) is 29.4 Å². The lowest BCUT2D eigenvalue weighted by Crippen LogP contribution is -2.50. The van der Waals surface area contributed by atoms with Crippen LogP contribution in [0.4, 0.5) is 0 Å². The molecular formula is C21H28ClN3O2. The molecule has 27 heavy (non-hydrogen) atoms. The molecule has 1 aliphatic rings. The van der Waals surface area contributed by atoms with Crippen LogP contribution >= 0.6 is 11.6 Å². The van der Waals surface area contributed by atoms with Gasteiger partial charge in [-0.05, 0) is 43.5 Å². The van der Waals surface area contributed by atoms with Crippen LogP contribution in [0.2, 0.25) is 5.02 Å². The molecule has 0 bridgehead atoms. The van der Waals surface area contributed by atoms with Crippen molar-refractivity contribution in [2.24, 2.45) is 5.41 Å². The van der Waals surface area contributed by atoms with E-state index < -0.39 is 0 Å². The van der Waals surface area contributed by atoms with Gasteiger partial charge in [-0.2, -0.15) is 5.10 Å². The molecule has 0 spiro atoms. The standard InChI is InChI=1S/C21H28ClN3O2/c1-14-18(15(2)25(23-14)17-8-6-16(22)7-9-17)12-20(26)24-10-11-27-19(13-24)21(3,4)5/h6-9,19H,10-13H2,1-5H3/t19-/m1/s1. The third kappa shape index (κ3) is 4.36. The van der Waals surface area contributed by atoms with Crippen LogP contribution in [0.1, 0.15) is 37.7 Å². The molecule has 0 saturated carbocycles. The number of halogens is 1. The summed E-state index contributed by atoms with van der Waals surface area (Å²) in [4.78, 5) is 14.9. The molecule has 2 aromatic rings. The maximum absolute atomic E-state index is 13.0. The van der Waals surface area contributed by atoms with Crippen molar-refractivity contribution in [2.75, 3.05) is 19.7 Å². The normalized spacial score (nSPS) is 18.0. The Kier molecular flexibility index (Phi) is 5.63. The first-order valence-electron chi connectivity index (χ1n) is 9.37. The lowest BCUT2D eigenvalue weighted by molar-refractivity contribution is -0.142. The Morgan fingerprint density at radius 3 is 2.56 bits per heavy atom. The fourth-order valence-corrected chi connectivity index (χ4v) is 3.55. The first kappa shape index (κ1) is 19.9. The molecule has 0 unspecified atom stereocenters. The molecule has 1 amide bonds. The summed E-state index contributed by atoms with van der Waals surface area (Å²) in [7, 11) is 0. The maximum atomic E-state index is 13.0.